The molecule has 1 atom stereocenters. The molecule has 0 fully saturated rings. The molecule has 2 amide bonds. The molecule has 0 spiro atoms. The van der Waals surface area contributed by atoms with Crippen molar-refractivity contribution in [3.63, 3.8) is 0 Å². The predicted octanol–water partition coefficient (Wildman–Crippen LogP) is 5.82. The van der Waals surface area contributed by atoms with E-state index in [1.807, 2.05) is 0 Å². The number of rotatable bonds is 4. The molecule has 0 radical (unpaired) electrons. The summed E-state index contributed by atoms with van der Waals surface area (Å²) >= 11 is 0. The molecule has 11 heteroatoms. The lowest BCUT2D eigenvalue weighted by atomic mass is 10.0. The van der Waals surface area contributed by atoms with E-state index in [1.54, 1.807) is 62.3 Å². The number of benzene rings is 1. The summed E-state index contributed by atoms with van der Waals surface area (Å²) in [6.45, 7) is 14.7. The van der Waals surface area contributed by atoms with Crippen molar-refractivity contribution < 1.29 is 42.5 Å². The topological polar surface area (TPSA) is 113 Å². The van der Waals surface area contributed by atoms with Crippen molar-refractivity contribution in [3.05, 3.63) is 35.8 Å². The van der Waals surface area contributed by atoms with Crippen LogP contribution in [0.5, 0.6) is 0 Å². The number of fused-ring (bicyclic) bond motifs is 1. The lowest BCUT2D eigenvalue weighted by molar-refractivity contribution is -0.146. The average molecular weight is 537 g/mol. The first-order valence-electron chi connectivity index (χ1n) is 12.1. The van der Waals surface area contributed by atoms with Crippen molar-refractivity contribution in [2.45, 2.75) is 91.6 Å². The zero-order chi connectivity index (χ0) is 29.2. The van der Waals surface area contributed by atoms with Crippen LogP contribution in [0, 0.1) is 5.82 Å². The number of halogens is 1. The summed E-state index contributed by atoms with van der Waals surface area (Å²) in [5, 5.41) is 0.276. The summed E-state index contributed by atoms with van der Waals surface area (Å²) in [7, 11) is 1.10. The number of imide groups is 1. The fraction of sp³-hybridized carbons (Fsp3) is 0.556. The van der Waals surface area contributed by atoms with Crippen LogP contribution in [0.25, 0.3) is 10.9 Å². The largest absolute Gasteiger partial charge is 0.467 e. The van der Waals surface area contributed by atoms with Crippen LogP contribution in [0.15, 0.2) is 24.4 Å². The highest BCUT2D eigenvalue weighted by molar-refractivity contribution is 5.96. The van der Waals surface area contributed by atoms with Crippen LogP contribution in [0.1, 0.15) is 67.9 Å². The molecular weight excluding hydrogens is 499 g/mol. The Kier molecular flexibility index (Phi) is 8.86. The SMILES string of the molecule is COC(=O)[C@H](Cc1cn(C(=O)OC(C)(C)C)c2ccc(F)cc12)N(C(=O)OC(C)(C)C)C(=O)OC(C)(C)C. The minimum absolute atomic E-state index is 0.276. The summed E-state index contributed by atoms with van der Waals surface area (Å²) in [6, 6.07) is 2.19. The number of hydrogen-bond donors (Lipinski definition) is 0. The average Bonchev–Trinajstić information content (AvgIpc) is 3.06. The maximum Gasteiger partial charge on any atom is 0.420 e. The van der Waals surface area contributed by atoms with Crippen LogP contribution < -0.4 is 0 Å². The molecule has 0 bridgehead atoms. The number of aromatic nitrogens is 1. The third-order valence-electron chi connectivity index (χ3n) is 4.82. The number of methoxy groups -OCH3 is 1. The van der Waals surface area contributed by atoms with Gasteiger partial charge >= 0.3 is 24.2 Å². The number of hydrogen-bond acceptors (Lipinski definition) is 8. The first-order valence-corrected chi connectivity index (χ1v) is 12.1. The summed E-state index contributed by atoms with van der Waals surface area (Å²) in [5.74, 6) is -1.54. The normalized spacial score (nSPS) is 13.0. The molecular formula is C27H37FN2O8. The van der Waals surface area contributed by atoms with Crippen molar-refractivity contribution in [2.75, 3.05) is 7.11 Å². The molecule has 2 aromatic rings. The minimum atomic E-state index is -1.56. The molecule has 0 saturated heterocycles. The van der Waals surface area contributed by atoms with Crippen molar-refractivity contribution in [3.8, 4) is 0 Å². The number of carbonyl (C=O) groups excluding carboxylic acids is 4. The van der Waals surface area contributed by atoms with E-state index >= 15 is 0 Å². The lowest BCUT2D eigenvalue weighted by Gasteiger charge is -2.32. The maximum atomic E-state index is 14.3. The highest BCUT2D eigenvalue weighted by Gasteiger charge is 2.41. The second kappa shape index (κ2) is 11.0. The summed E-state index contributed by atoms with van der Waals surface area (Å²) in [4.78, 5) is 52.8. The first-order chi connectivity index (χ1) is 17.2. The van der Waals surface area contributed by atoms with Crippen LogP contribution in [-0.2, 0) is 30.2 Å². The molecule has 0 aliphatic rings. The zero-order valence-electron chi connectivity index (χ0n) is 23.6. The van der Waals surface area contributed by atoms with Gasteiger partial charge in [-0.2, -0.15) is 4.90 Å². The Hall–Kier alpha value is -3.63. The van der Waals surface area contributed by atoms with Crippen molar-refractivity contribution in [1.82, 2.24) is 9.47 Å². The Labute approximate surface area is 221 Å². The first kappa shape index (κ1) is 30.6. The van der Waals surface area contributed by atoms with Gasteiger partial charge in [0.1, 0.15) is 28.7 Å². The molecule has 0 unspecified atom stereocenters. The number of esters is 1. The van der Waals surface area contributed by atoms with Crippen LogP contribution in [-0.4, -0.2) is 63.7 Å². The van der Waals surface area contributed by atoms with Crippen molar-refractivity contribution in [1.29, 1.82) is 0 Å². The fourth-order valence-corrected chi connectivity index (χ4v) is 3.47. The minimum Gasteiger partial charge on any atom is -0.467 e. The zero-order valence-corrected chi connectivity index (χ0v) is 23.6. The predicted molar refractivity (Wildman–Crippen MR) is 137 cm³/mol. The molecule has 0 aliphatic heterocycles. The highest BCUT2D eigenvalue weighted by Crippen LogP contribution is 2.27. The smallest absolute Gasteiger partial charge is 0.420 e. The van der Waals surface area contributed by atoms with E-state index < -0.39 is 52.9 Å². The van der Waals surface area contributed by atoms with Gasteiger partial charge in [0.05, 0.1) is 12.6 Å². The highest BCUT2D eigenvalue weighted by atomic mass is 19.1. The van der Waals surface area contributed by atoms with Gasteiger partial charge in [0, 0.05) is 18.0 Å². The Morgan fingerprint density at radius 3 is 1.82 bits per heavy atom. The molecule has 1 aromatic carbocycles. The van der Waals surface area contributed by atoms with Crippen LogP contribution in [0.2, 0.25) is 0 Å². The third-order valence-corrected chi connectivity index (χ3v) is 4.82. The molecule has 0 saturated carbocycles. The van der Waals surface area contributed by atoms with Gasteiger partial charge in [0.2, 0.25) is 0 Å². The molecule has 10 nitrogen and oxygen atoms in total. The van der Waals surface area contributed by atoms with Gasteiger partial charge in [0.25, 0.3) is 0 Å². The number of ether oxygens (including phenoxy) is 4. The van der Waals surface area contributed by atoms with E-state index in [1.165, 1.54) is 29.0 Å². The Morgan fingerprint density at radius 1 is 0.868 bits per heavy atom. The van der Waals surface area contributed by atoms with Crippen LogP contribution in [0.3, 0.4) is 0 Å². The van der Waals surface area contributed by atoms with E-state index in [0.717, 1.165) is 7.11 Å². The Balaban J connectivity index is 2.67. The Bertz CT molecular complexity index is 1190. The van der Waals surface area contributed by atoms with Crippen molar-refractivity contribution >= 4 is 35.2 Å². The third kappa shape index (κ3) is 8.19. The van der Waals surface area contributed by atoms with Gasteiger partial charge in [-0.05, 0) is 86.1 Å². The second-order valence-electron chi connectivity index (χ2n) is 11.7. The molecule has 210 valence electrons. The van der Waals surface area contributed by atoms with Gasteiger partial charge in [-0.1, -0.05) is 0 Å². The Morgan fingerprint density at radius 2 is 1.37 bits per heavy atom. The molecule has 1 aromatic heterocycles. The van der Waals surface area contributed by atoms with E-state index in [9.17, 15) is 23.6 Å². The van der Waals surface area contributed by atoms with E-state index in [4.69, 9.17) is 18.9 Å². The van der Waals surface area contributed by atoms with E-state index in [2.05, 4.69) is 0 Å². The summed E-state index contributed by atoms with van der Waals surface area (Å²) in [5.41, 5.74) is -2.24. The van der Waals surface area contributed by atoms with Gasteiger partial charge < -0.3 is 18.9 Å². The number of nitrogens with zero attached hydrogens (tertiary/aromatic N) is 2. The van der Waals surface area contributed by atoms with E-state index in [0.29, 0.717) is 10.4 Å². The molecule has 1 heterocycles. The van der Waals surface area contributed by atoms with E-state index in [-0.39, 0.29) is 17.4 Å². The monoisotopic (exact) mass is 536 g/mol. The van der Waals surface area contributed by atoms with Crippen molar-refractivity contribution in [2.24, 2.45) is 0 Å². The second-order valence-corrected chi connectivity index (χ2v) is 11.7. The standard InChI is InChI=1S/C27H37FN2O8/c1-25(2,3)36-22(32)29-15-16(18-14-17(28)11-12-19(18)29)13-20(21(31)35-10)30(23(33)37-26(4,5)6)24(34)38-27(7,8)9/h11-12,14-15,20H,13H2,1-10H3/t20-/m0/s1. The van der Waals surface area contributed by atoms with Crippen LogP contribution in [0.4, 0.5) is 18.8 Å². The molecule has 0 aliphatic carbocycles. The van der Waals surface area contributed by atoms with Gasteiger partial charge in [-0.15, -0.1) is 0 Å². The molecule has 38 heavy (non-hydrogen) atoms. The summed E-state index contributed by atoms with van der Waals surface area (Å²) < 4.78 is 36.6. The van der Waals surface area contributed by atoms with Gasteiger partial charge in [0.15, 0.2) is 0 Å². The number of carbonyl (C=O) groups is 4. The fourth-order valence-electron chi connectivity index (χ4n) is 3.47. The van der Waals surface area contributed by atoms with Crippen LogP contribution >= 0.6 is 0 Å². The molecule has 2 rings (SSSR count). The summed E-state index contributed by atoms with van der Waals surface area (Å²) in [6.07, 6.45) is -1.96. The molecule has 0 N–H and O–H groups in total. The maximum absolute atomic E-state index is 14.3. The van der Waals surface area contributed by atoms with Gasteiger partial charge in [-0.3, -0.25) is 4.57 Å². The lowest BCUT2D eigenvalue weighted by Crippen LogP contribution is -2.53. The number of amides is 2. The quantitative estimate of drug-likeness (QED) is 0.355. The van der Waals surface area contributed by atoms with Gasteiger partial charge in [-0.25, -0.2) is 23.6 Å².